The number of ether oxygens (including phenoxy) is 1. The highest BCUT2D eigenvalue weighted by Gasteiger charge is 2.34. The largest absolute Gasteiger partial charge is 0.457 e. The van der Waals surface area contributed by atoms with E-state index in [-0.39, 0.29) is 17.9 Å². The molecule has 1 fully saturated rings. The van der Waals surface area contributed by atoms with Crippen molar-refractivity contribution in [3.05, 3.63) is 29.5 Å². The van der Waals surface area contributed by atoms with E-state index >= 15 is 0 Å². The Morgan fingerprint density at radius 1 is 1.46 bits per heavy atom. The zero-order chi connectivity index (χ0) is 17.3. The van der Waals surface area contributed by atoms with Crippen molar-refractivity contribution in [2.75, 3.05) is 11.9 Å². The maximum Gasteiger partial charge on any atom is 0.331 e. The van der Waals surface area contributed by atoms with Crippen molar-refractivity contribution >= 4 is 23.8 Å². The Labute approximate surface area is 141 Å². The van der Waals surface area contributed by atoms with E-state index in [0.717, 1.165) is 30.5 Å². The fourth-order valence-electron chi connectivity index (χ4n) is 3.08. The van der Waals surface area contributed by atoms with Crippen LogP contribution in [0.3, 0.4) is 0 Å². The molecule has 24 heavy (non-hydrogen) atoms. The molecule has 0 aliphatic carbocycles. The summed E-state index contributed by atoms with van der Waals surface area (Å²) in [5, 5.41) is 2.91. The lowest BCUT2D eigenvalue weighted by Crippen LogP contribution is -2.36. The van der Waals surface area contributed by atoms with Crippen LogP contribution in [0, 0.1) is 0 Å². The van der Waals surface area contributed by atoms with Crippen molar-refractivity contribution in [2.45, 2.75) is 51.8 Å². The molecule has 1 saturated heterocycles. The average Bonchev–Trinajstić information content (AvgIpc) is 2.89. The van der Waals surface area contributed by atoms with Gasteiger partial charge in [0.1, 0.15) is 11.4 Å². The summed E-state index contributed by atoms with van der Waals surface area (Å²) in [6.45, 7) is 7.11. The molecule has 128 valence electrons. The lowest BCUT2D eigenvalue weighted by Gasteiger charge is -2.19. The number of amides is 1. The van der Waals surface area contributed by atoms with Crippen molar-refractivity contribution in [3.8, 4) is 0 Å². The SMILES string of the molecule is CC(C)(C)OC(=O)C=Cc1cnc2c(c1)CN1CCC[C@H]1C(=O)N2. The van der Waals surface area contributed by atoms with Crippen LogP contribution in [-0.4, -0.2) is 39.9 Å². The third-order valence-electron chi connectivity index (χ3n) is 4.09. The lowest BCUT2D eigenvalue weighted by atomic mass is 10.1. The second-order valence-electron chi connectivity index (χ2n) is 7.26. The Morgan fingerprint density at radius 2 is 2.25 bits per heavy atom. The first-order valence-corrected chi connectivity index (χ1v) is 8.27. The van der Waals surface area contributed by atoms with Gasteiger partial charge in [-0.1, -0.05) is 0 Å². The highest BCUT2D eigenvalue weighted by Crippen LogP contribution is 2.28. The zero-order valence-corrected chi connectivity index (χ0v) is 14.3. The van der Waals surface area contributed by atoms with E-state index in [1.165, 1.54) is 6.08 Å². The number of hydrogen-bond acceptors (Lipinski definition) is 5. The van der Waals surface area contributed by atoms with Crippen LogP contribution in [0.1, 0.15) is 44.7 Å². The number of esters is 1. The van der Waals surface area contributed by atoms with Gasteiger partial charge in [0.15, 0.2) is 0 Å². The Hall–Kier alpha value is -2.21. The van der Waals surface area contributed by atoms with Gasteiger partial charge in [0.05, 0.1) is 6.04 Å². The van der Waals surface area contributed by atoms with E-state index in [2.05, 4.69) is 15.2 Å². The van der Waals surface area contributed by atoms with Crippen LogP contribution in [-0.2, 0) is 20.9 Å². The predicted octanol–water partition coefficient (Wildman–Crippen LogP) is 2.35. The van der Waals surface area contributed by atoms with Crippen molar-refractivity contribution in [1.29, 1.82) is 0 Å². The summed E-state index contributed by atoms with van der Waals surface area (Å²) in [7, 11) is 0. The number of hydrogen-bond donors (Lipinski definition) is 1. The van der Waals surface area contributed by atoms with Gasteiger partial charge in [-0.25, -0.2) is 9.78 Å². The monoisotopic (exact) mass is 329 g/mol. The van der Waals surface area contributed by atoms with E-state index < -0.39 is 5.60 Å². The highest BCUT2D eigenvalue weighted by molar-refractivity contribution is 5.95. The summed E-state index contributed by atoms with van der Waals surface area (Å²) >= 11 is 0. The van der Waals surface area contributed by atoms with Gasteiger partial charge < -0.3 is 10.1 Å². The Balaban J connectivity index is 1.77. The smallest absolute Gasteiger partial charge is 0.331 e. The number of fused-ring (bicyclic) bond motifs is 2. The van der Waals surface area contributed by atoms with E-state index in [1.54, 1.807) is 12.3 Å². The molecule has 3 heterocycles. The van der Waals surface area contributed by atoms with Gasteiger partial charge in [0, 0.05) is 24.4 Å². The number of rotatable bonds is 2. The van der Waals surface area contributed by atoms with Crippen molar-refractivity contribution in [3.63, 3.8) is 0 Å². The van der Waals surface area contributed by atoms with E-state index in [1.807, 2.05) is 26.8 Å². The van der Waals surface area contributed by atoms with Gasteiger partial charge in [0.25, 0.3) is 0 Å². The zero-order valence-electron chi connectivity index (χ0n) is 14.3. The van der Waals surface area contributed by atoms with Gasteiger partial charge in [0.2, 0.25) is 5.91 Å². The molecule has 6 nitrogen and oxygen atoms in total. The van der Waals surface area contributed by atoms with Crippen molar-refractivity contribution < 1.29 is 14.3 Å². The second-order valence-corrected chi connectivity index (χ2v) is 7.26. The predicted molar refractivity (Wildman–Crippen MR) is 91.2 cm³/mol. The summed E-state index contributed by atoms with van der Waals surface area (Å²) in [6, 6.07) is 1.91. The van der Waals surface area contributed by atoms with E-state index in [9.17, 15) is 9.59 Å². The lowest BCUT2D eigenvalue weighted by molar-refractivity contribution is -0.148. The molecular weight excluding hydrogens is 306 g/mol. The minimum absolute atomic E-state index is 0.0239. The topological polar surface area (TPSA) is 71.5 Å². The fourth-order valence-corrected chi connectivity index (χ4v) is 3.08. The number of aromatic nitrogens is 1. The molecular formula is C18H23N3O3. The Morgan fingerprint density at radius 3 is 3.00 bits per heavy atom. The molecule has 0 radical (unpaired) electrons. The van der Waals surface area contributed by atoms with Crippen LogP contribution in [0.5, 0.6) is 0 Å². The van der Waals surface area contributed by atoms with Crippen molar-refractivity contribution in [2.24, 2.45) is 0 Å². The number of pyridine rings is 1. The Bertz CT molecular complexity index is 691. The van der Waals surface area contributed by atoms with Gasteiger partial charge in [-0.05, 0) is 57.9 Å². The number of carbonyl (C=O) groups excluding carboxylic acids is 2. The third-order valence-corrected chi connectivity index (χ3v) is 4.09. The summed E-state index contributed by atoms with van der Waals surface area (Å²) in [5.41, 5.74) is 1.27. The number of nitrogens with zero attached hydrogens (tertiary/aromatic N) is 2. The normalized spacial score (nSPS) is 21.1. The van der Waals surface area contributed by atoms with Crippen molar-refractivity contribution in [1.82, 2.24) is 9.88 Å². The van der Waals surface area contributed by atoms with Gasteiger partial charge >= 0.3 is 5.97 Å². The standard InChI is InChI=1S/C18H23N3O3/c1-18(2,3)24-15(22)7-6-12-9-13-11-21-8-4-5-14(21)17(23)20-16(13)19-10-12/h6-7,9-10,14H,4-5,8,11H2,1-3H3,(H,19,20,23)/t14-/m0/s1. The maximum absolute atomic E-state index is 12.2. The molecule has 3 rings (SSSR count). The molecule has 0 unspecified atom stereocenters. The molecule has 1 amide bonds. The van der Waals surface area contributed by atoms with Crippen LogP contribution in [0.25, 0.3) is 6.08 Å². The number of nitrogens with one attached hydrogen (secondary N) is 1. The van der Waals surface area contributed by atoms with Crippen LogP contribution in [0.2, 0.25) is 0 Å². The first-order chi connectivity index (χ1) is 11.3. The van der Waals surface area contributed by atoms with Gasteiger partial charge in [-0.15, -0.1) is 0 Å². The molecule has 0 bridgehead atoms. The molecule has 2 aliphatic rings. The first kappa shape index (κ1) is 16.6. The van der Waals surface area contributed by atoms with Crippen LogP contribution in [0.15, 0.2) is 18.3 Å². The third kappa shape index (κ3) is 3.82. The maximum atomic E-state index is 12.2. The van der Waals surface area contributed by atoms with E-state index in [4.69, 9.17) is 4.74 Å². The molecule has 1 atom stereocenters. The van der Waals surface area contributed by atoms with Crippen LogP contribution < -0.4 is 5.32 Å². The summed E-state index contributed by atoms with van der Waals surface area (Å²) in [6.07, 6.45) is 6.68. The molecule has 1 aromatic heterocycles. The summed E-state index contributed by atoms with van der Waals surface area (Å²) in [4.78, 5) is 30.5. The highest BCUT2D eigenvalue weighted by atomic mass is 16.6. The van der Waals surface area contributed by atoms with Crippen LogP contribution >= 0.6 is 0 Å². The molecule has 6 heteroatoms. The molecule has 0 spiro atoms. The Kier molecular flexibility index (Phi) is 4.41. The average molecular weight is 329 g/mol. The molecule has 0 aromatic carbocycles. The van der Waals surface area contributed by atoms with Crippen LogP contribution in [0.4, 0.5) is 5.82 Å². The summed E-state index contributed by atoms with van der Waals surface area (Å²) in [5.74, 6) is 0.255. The second kappa shape index (κ2) is 6.36. The first-order valence-electron chi connectivity index (χ1n) is 8.27. The molecule has 2 aliphatic heterocycles. The van der Waals surface area contributed by atoms with Gasteiger partial charge in [-0.2, -0.15) is 0 Å². The van der Waals surface area contributed by atoms with Gasteiger partial charge in [-0.3, -0.25) is 9.69 Å². The molecule has 1 N–H and O–H groups in total. The number of carbonyl (C=O) groups is 2. The van der Waals surface area contributed by atoms with E-state index in [0.29, 0.717) is 12.4 Å². The minimum Gasteiger partial charge on any atom is -0.457 e. The molecule has 1 aromatic rings. The molecule has 0 saturated carbocycles. The minimum atomic E-state index is -0.511. The summed E-state index contributed by atoms with van der Waals surface area (Å²) < 4.78 is 5.25. The number of anilines is 1. The fraction of sp³-hybridized carbons (Fsp3) is 0.500. The quantitative estimate of drug-likeness (QED) is 0.666.